The smallest absolute Gasteiger partial charge is 0.326 e. The van der Waals surface area contributed by atoms with Gasteiger partial charge in [0.15, 0.2) is 0 Å². The van der Waals surface area contributed by atoms with Crippen LogP contribution in [0, 0.1) is 11.3 Å². The van der Waals surface area contributed by atoms with Gasteiger partial charge in [-0.05, 0) is 61.5 Å². The molecule has 170 valence electrons. The third-order valence-corrected chi connectivity index (χ3v) is 6.08. The Bertz CT molecular complexity index is 1340. The number of carbonyl (C=O) groups is 2. The molecule has 34 heavy (non-hydrogen) atoms. The van der Waals surface area contributed by atoms with E-state index in [1.165, 1.54) is 4.90 Å². The maximum Gasteiger partial charge on any atom is 0.326 e. The van der Waals surface area contributed by atoms with E-state index in [-0.39, 0.29) is 19.1 Å². The fourth-order valence-corrected chi connectivity index (χ4v) is 4.29. The molecule has 4 aromatic rings. The number of nitrogens with zero attached hydrogens (tertiary/aromatic N) is 3. The summed E-state index contributed by atoms with van der Waals surface area (Å²) in [5.41, 5.74) is 3.28. The number of fused-ring (bicyclic) bond motifs is 1. The van der Waals surface area contributed by atoms with Crippen molar-refractivity contribution >= 4 is 44.8 Å². The molecule has 1 N–H and O–H groups in total. The van der Waals surface area contributed by atoms with E-state index in [9.17, 15) is 9.59 Å². The molecule has 0 fully saturated rings. The van der Waals surface area contributed by atoms with E-state index >= 15 is 0 Å². The molecular formula is C26H22N4O3S. The molecule has 0 saturated heterocycles. The zero-order chi connectivity index (χ0) is 23.9. The second-order valence-electron chi connectivity index (χ2n) is 7.36. The number of amides is 1. The van der Waals surface area contributed by atoms with Gasteiger partial charge in [-0.15, -0.1) is 11.3 Å². The summed E-state index contributed by atoms with van der Waals surface area (Å²) in [4.78, 5) is 31.6. The Morgan fingerprint density at radius 2 is 1.85 bits per heavy atom. The number of hydrogen-bond donors (Lipinski definition) is 1. The Morgan fingerprint density at radius 1 is 1.09 bits per heavy atom. The SMILES string of the molecule is CCOC(=O)CN(C(=O)c1ccc2sc(CNc3ccc(C#N)cc3)nc2c1)c1ccccc1. The second-order valence-corrected chi connectivity index (χ2v) is 8.48. The van der Waals surface area contributed by atoms with Gasteiger partial charge in [0, 0.05) is 16.9 Å². The van der Waals surface area contributed by atoms with Crippen LogP contribution in [0.15, 0.2) is 72.8 Å². The van der Waals surface area contributed by atoms with Gasteiger partial charge in [0.25, 0.3) is 5.91 Å². The Kier molecular flexibility index (Phi) is 7.16. The predicted octanol–water partition coefficient (Wildman–Crippen LogP) is 4.99. The van der Waals surface area contributed by atoms with Gasteiger partial charge in [0.2, 0.25) is 0 Å². The van der Waals surface area contributed by atoms with E-state index in [4.69, 9.17) is 10.00 Å². The van der Waals surface area contributed by atoms with Crippen molar-refractivity contribution in [2.75, 3.05) is 23.4 Å². The minimum absolute atomic E-state index is 0.175. The van der Waals surface area contributed by atoms with Gasteiger partial charge < -0.3 is 10.1 Å². The molecule has 0 saturated carbocycles. The summed E-state index contributed by atoms with van der Waals surface area (Å²) in [7, 11) is 0. The van der Waals surface area contributed by atoms with E-state index in [0.717, 1.165) is 20.9 Å². The molecule has 0 spiro atoms. The van der Waals surface area contributed by atoms with Gasteiger partial charge in [-0.3, -0.25) is 14.5 Å². The molecule has 0 radical (unpaired) electrons. The number of hydrogen-bond acceptors (Lipinski definition) is 7. The number of esters is 1. The van der Waals surface area contributed by atoms with Crippen molar-refractivity contribution in [2.24, 2.45) is 0 Å². The maximum absolute atomic E-state index is 13.4. The topological polar surface area (TPSA) is 95.3 Å². The lowest BCUT2D eigenvalue weighted by Gasteiger charge is -2.22. The third-order valence-electron chi connectivity index (χ3n) is 5.04. The number of nitriles is 1. The van der Waals surface area contributed by atoms with E-state index in [1.54, 1.807) is 54.7 Å². The van der Waals surface area contributed by atoms with E-state index in [0.29, 0.717) is 23.4 Å². The largest absolute Gasteiger partial charge is 0.465 e. The van der Waals surface area contributed by atoms with Crippen LogP contribution in [0.5, 0.6) is 0 Å². The number of thiazole rings is 1. The Labute approximate surface area is 201 Å². The van der Waals surface area contributed by atoms with Crippen LogP contribution in [0.4, 0.5) is 11.4 Å². The third kappa shape index (κ3) is 5.39. The molecule has 0 atom stereocenters. The van der Waals surface area contributed by atoms with Crippen LogP contribution in [0.25, 0.3) is 10.2 Å². The summed E-state index contributed by atoms with van der Waals surface area (Å²) >= 11 is 1.54. The highest BCUT2D eigenvalue weighted by Gasteiger charge is 2.22. The number of aromatic nitrogens is 1. The predicted molar refractivity (Wildman–Crippen MR) is 133 cm³/mol. The molecular weight excluding hydrogens is 448 g/mol. The van der Waals surface area contributed by atoms with Gasteiger partial charge in [-0.1, -0.05) is 18.2 Å². The summed E-state index contributed by atoms with van der Waals surface area (Å²) < 4.78 is 6.03. The minimum Gasteiger partial charge on any atom is -0.465 e. The first-order chi connectivity index (χ1) is 16.6. The fraction of sp³-hybridized carbons (Fsp3) is 0.154. The lowest BCUT2D eigenvalue weighted by Crippen LogP contribution is -2.36. The van der Waals surface area contributed by atoms with E-state index in [1.807, 2.05) is 36.4 Å². The summed E-state index contributed by atoms with van der Waals surface area (Å²) in [6.07, 6.45) is 0. The number of para-hydroxylation sites is 1. The van der Waals surface area contributed by atoms with Gasteiger partial charge in [0.05, 0.1) is 35.0 Å². The highest BCUT2D eigenvalue weighted by atomic mass is 32.1. The molecule has 1 amide bonds. The summed E-state index contributed by atoms with van der Waals surface area (Å²) in [6, 6.07) is 23.7. The fourth-order valence-electron chi connectivity index (χ4n) is 3.40. The normalized spacial score (nSPS) is 10.5. The molecule has 0 aliphatic carbocycles. The molecule has 0 aliphatic heterocycles. The second kappa shape index (κ2) is 10.6. The van der Waals surface area contributed by atoms with Gasteiger partial charge in [-0.25, -0.2) is 4.98 Å². The van der Waals surface area contributed by atoms with Crippen LogP contribution >= 0.6 is 11.3 Å². The molecule has 4 rings (SSSR count). The molecule has 0 aliphatic rings. The van der Waals surface area contributed by atoms with Crippen molar-refractivity contribution in [1.29, 1.82) is 5.26 Å². The minimum atomic E-state index is -0.467. The van der Waals surface area contributed by atoms with Crippen LogP contribution in [0.2, 0.25) is 0 Å². The number of rotatable bonds is 8. The maximum atomic E-state index is 13.4. The van der Waals surface area contributed by atoms with Crippen LogP contribution in [0.3, 0.4) is 0 Å². The zero-order valence-corrected chi connectivity index (χ0v) is 19.3. The van der Waals surface area contributed by atoms with Crippen molar-refractivity contribution in [3.05, 3.63) is 88.9 Å². The average Bonchev–Trinajstić information content (AvgIpc) is 3.29. The lowest BCUT2D eigenvalue weighted by atomic mass is 10.1. The van der Waals surface area contributed by atoms with Crippen molar-refractivity contribution in [2.45, 2.75) is 13.5 Å². The van der Waals surface area contributed by atoms with Gasteiger partial charge >= 0.3 is 5.97 Å². The molecule has 8 heteroatoms. The van der Waals surface area contributed by atoms with Crippen molar-refractivity contribution in [1.82, 2.24) is 4.98 Å². The first kappa shape index (κ1) is 23.0. The molecule has 3 aromatic carbocycles. The monoisotopic (exact) mass is 470 g/mol. The van der Waals surface area contributed by atoms with E-state index < -0.39 is 5.97 Å². The number of ether oxygens (including phenoxy) is 1. The number of carbonyl (C=O) groups excluding carboxylic acids is 2. The Balaban J connectivity index is 1.53. The van der Waals surface area contributed by atoms with Crippen molar-refractivity contribution in [3.8, 4) is 6.07 Å². The zero-order valence-electron chi connectivity index (χ0n) is 18.5. The van der Waals surface area contributed by atoms with Crippen molar-refractivity contribution in [3.63, 3.8) is 0 Å². The van der Waals surface area contributed by atoms with Crippen LogP contribution in [0.1, 0.15) is 27.9 Å². The molecule has 0 unspecified atom stereocenters. The Hall–Kier alpha value is -4.22. The summed E-state index contributed by atoms with van der Waals surface area (Å²) in [5, 5.41) is 13.1. The highest BCUT2D eigenvalue weighted by Crippen LogP contribution is 2.26. The molecule has 7 nitrogen and oxygen atoms in total. The standard InChI is InChI=1S/C26H22N4O3S/c1-2-33-25(31)17-30(21-6-4-3-5-7-21)26(32)19-10-13-23-22(14-19)29-24(34-23)16-28-20-11-8-18(15-27)9-12-20/h3-14,28H,2,16-17H2,1H3. The van der Waals surface area contributed by atoms with Crippen LogP contribution in [-0.4, -0.2) is 30.0 Å². The average molecular weight is 471 g/mol. The van der Waals surface area contributed by atoms with Crippen molar-refractivity contribution < 1.29 is 14.3 Å². The molecule has 1 heterocycles. The summed E-state index contributed by atoms with van der Waals surface area (Å²) in [6.45, 7) is 2.33. The highest BCUT2D eigenvalue weighted by molar-refractivity contribution is 7.18. The first-order valence-electron chi connectivity index (χ1n) is 10.7. The van der Waals surface area contributed by atoms with Gasteiger partial charge in [-0.2, -0.15) is 5.26 Å². The number of nitrogens with one attached hydrogen (secondary N) is 1. The molecule has 1 aromatic heterocycles. The van der Waals surface area contributed by atoms with Gasteiger partial charge in [0.1, 0.15) is 11.6 Å². The Morgan fingerprint density at radius 3 is 2.56 bits per heavy atom. The molecule has 0 bridgehead atoms. The first-order valence-corrected chi connectivity index (χ1v) is 11.5. The number of anilines is 2. The lowest BCUT2D eigenvalue weighted by molar-refractivity contribution is -0.141. The van der Waals surface area contributed by atoms with Crippen LogP contribution in [-0.2, 0) is 16.1 Å². The number of benzene rings is 3. The summed E-state index contributed by atoms with van der Waals surface area (Å²) in [5.74, 6) is -0.767. The quantitative estimate of drug-likeness (QED) is 0.365. The van der Waals surface area contributed by atoms with E-state index in [2.05, 4.69) is 16.4 Å². The van der Waals surface area contributed by atoms with Crippen LogP contribution < -0.4 is 10.2 Å².